The van der Waals surface area contributed by atoms with E-state index in [0.717, 1.165) is 17.7 Å². The lowest BCUT2D eigenvalue weighted by Crippen LogP contribution is -2.14. The normalized spacial score (nSPS) is 12.8. The number of anilines is 2. The molecule has 21 heavy (non-hydrogen) atoms. The summed E-state index contributed by atoms with van der Waals surface area (Å²) in [6.07, 6.45) is 0.263. The summed E-state index contributed by atoms with van der Waals surface area (Å²) in [5, 5.41) is 4.81. The van der Waals surface area contributed by atoms with Gasteiger partial charge in [-0.3, -0.25) is 9.59 Å². The Labute approximate surface area is 118 Å². The van der Waals surface area contributed by atoms with E-state index < -0.39 is 23.2 Å². The summed E-state index contributed by atoms with van der Waals surface area (Å²) in [6, 6.07) is 7.95. The first-order valence-corrected chi connectivity index (χ1v) is 6.23. The smallest absolute Gasteiger partial charge is 0.255 e. The number of fused-ring (bicyclic) bond motifs is 1. The van der Waals surface area contributed by atoms with Gasteiger partial charge < -0.3 is 10.6 Å². The lowest BCUT2D eigenvalue weighted by molar-refractivity contribution is -0.115. The van der Waals surface area contributed by atoms with Crippen LogP contribution in [-0.4, -0.2) is 11.8 Å². The van der Waals surface area contributed by atoms with Crippen LogP contribution in [0.15, 0.2) is 36.4 Å². The predicted octanol–water partition coefficient (Wildman–Crippen LogP) is 2.71. The third kappa shape index (κ3) is 2.47. The molecule has 0 saturated heterocycles. The SMILES string of the molecule is O=C1Cc2ccc(C(=O)Nc3c(F)cccc3F)cc2N1. The maximum absolute atomic E-state index is 13.5. The molecule has 1 aliphatic rings. The quantitative estimate of drug-likeness (QED) is 0.892. The lowest BCUT2D eigenvalue weighted by atomic mass is 10.1. The van der Waals surface area contributed by atoms with Crippen LogP contribution in [0.3, 0.4) is 0 Å². The number of halogens is 2. The molecule has 0 bridgehead atoms. The average molecular weight is 288 g/mol. The summed E-state index contributed by atoms with van der Waals surface area (Å²) < 4.78 is 27.0. The molecule has 2 aromatic rings. The van der Waals surface area contributed by atoms with E-state index in [0.29, 0.717) is 5.69 Å². The highest BCUT2D eigenvalue weighted by atomic mass is 19.1. The molecule has 0 aliphatic carbocycles. The minimum Gasteiger partial charge on any atom is -0.326 e. The van der Waals surface area contributed by atoms with Crippen LogP contribution in [0.4, 0.5) is 20.2 Å². The number of rotatable bonds is 2. The fourth-order valence-corrected chi connectivity index (χ4v) is 2.16. The first-order chi connectivity index (χ1) is 10.0. The Hall–Kier alpha value is -2.76. The molecule has 0 spiro atoms. The third-order valence-electron chi connectivity index (χ3n) is 3.20. The zero-order valence-corrected chi connectivity index (χ0v) is 10.7. The molecule has 2 aromatic carbocycles. The summed E-state index contributed by atoms with van der Waals surface area (Å²) in [5.74, 6) is -2.50. The van der Waals surface area contributed by atoms with Gasteiger partial charge in [-0.25, -0.2) is 8.78 Å². The second kappa shape index (κ2) is 4.97. The molecular weight excluding hydrogens is 278 g/mol. The van der Waals surface area contributed by atoms with Gasteiger partial charge in [0.15, 0.2) is 0 Å². The lowest BCUT2D eigenvalue weighted by Gasteiger charge is -2.08. The molecule has 0 unspecified atom stereocenters. The van der Waals surface area contributed by atoms with E-state index in [1.807, 2.05) is 0 Å². The van der Waals surface area contributed by atoms with Crippen molar-refractivity contribution in [3.05, 3.63) is 59.2 Å². The van der Waals surface area contributed by atoms with Gasteiger partial charge in [0.25, 0.3) is 5.91 Å². The van der Waals surface area contributed by atoms with Crippen LogP contribution in [0, 0.1) is 11.6 Å². The number of hydrogen-bond donors (Lipinski definition) is 2. The van der Waals surface area contributed by atoms with Crippen LogP contribution < -0.4 is 10.6 Å². The fourth-order valence-electron chi connectivity index (χ4n) is 2.16. The molecule has 0 aromatic heterocycles. The van der Waals surface area contributed by atoms with Crippen LogP contribution in [0.1, 0.15) is 15.9 Å². The molecule has 106 valence electrons. The van der Waals surface area contributed by atoms with Crippen molar-refractivity contribution in [1.82, 2.24) is 0 Å². The molecule has 1 heterocycles. The molecule has 4 nitrogen and oxygen atoms in total. The van der Waals surface area contributed by atoms with Crippen molar-refractivity contribution in [1.29, 1.82) is 0 Å². The van der Waals surface area contributed by atoms with Gasteiger partial charge in [-0.2, -0.15) is 0 Å². The first kappa shape index (κ1) is 13.2. The second-order valence-electron chi connectivity index (χ2n) is 4.65. The topological polar surface area (TPSA) is 58.2 Å². The number of carbonyl (C=O) groups excluding carboxylic acids is 2. The zero-order chi connectivity index (χ0) is 15.0. The largest absolute Gasteiger partial charge is 0.326 e. The van der Waals surface area contributed by atoms with Gasteiger partial charge in [-0.05, 0) is 29.8 Å². The maximum Gasteiger partial charge on any atom is 0.255 e. The first-order valence-electron chi connectivity index (χ1n) is 6.23. The monoisotopic (exact) mass is 288 g/mol. The summed E-state index contributed by atoms with van der Waals surface area (Å²) in [5.41, 5.74) is 1.04. The average Bonchev–Trinajstić information content (AvgIpc) is 2.81. The summed E-state index contributed by atoms with van der Waals surface area (Å²) in [7, 11) is 0. The molecule has 0 atom stereocenters. The highest BCUT2D eigenvalue weighted by Crippen LogP contribution is 2.25. The van der Waals surface area contributed by atoms with E-state index in [-0.39, 0.29) is 17.9 Å². The predicted molar refractivity (Wildman–Crippen MR) is 73.1 cm³/mol. The van der Waals surface area contributed by atoms with Gasteiger partial charge in [0, 0.05) is 11.3 Å². The van der Waals surface area contributed by atoms with Gasteiger partial charge in [-0.1, -0.05) is 12.1 Å². The number of para-hydroxylation sites is 1. The Morgan fingerprint density at radius 2 is 1.86 bits per heavy atom. The Bertz CT molecular complexity index is 739. The molecule has 2 amide bonds. The Balaban J connectivity index is 1.87. The van der Waals surface area contributed by atoms with Crippen LogP contribution in [0.5, 0.6) is 0 Å². The molecule has 0 radical (unpaired) electrons. The molecular formula is C15H10F2N2O2. The summed E-state index contributed by atoms with van der Waals surface area (Å²) >= 11 is 0. The van der Waals surface area contributed by atoms with E-state index in [1.54, 1.807) is 6.07 Å². The third-order valence-corrected chi connectivity index (χ3v) is 3.20. The molecule has 3 rings (SSSR count). The molecule has 0 fully saturated rings. The summed E-state index contributed by atoms with van der Waals surface area (Å²) in [6.45, 7) is 0. The van der Waals surface area contributed by atoms with Crippen molar-refractivity contribution >= 4 is 23.2 Å². The van der Waals surface area contributed by atoms with Crippen LogP contribution in [0.2, 0.25) is 0 Å². The van der Waals surface area contributed by atoms with Gasteiger partial charge in [0.05, 0.1) is 6.42 Å². The minimum atomic E-state index is -0.849. The number of amides is 2. The van der Waals surface area contributed by atoms with Gasteiger partial charge in [0.2, 0.25) is 5.91 Å². The highest BCUT2D eigenvalue weighted by molar-refractivity contribution is 6.07. The van der Waals surface area contributed by atoms with Gasteiger partial charge in [-0.15, -0.1) is 0 Å². The van der Waals surface area contributed by atoms with E-state index in [4.69, 9.17) is 0 Å². The minimum absolute atomic E-state index is 0.150. The van der Waals surface area contributed by atoms with E-state index >= 15 is 0 Å². The number of nitrogens with one attached hydrogen (secondary N) is 2. The van der Waals surface area contributed by atoms with E-state index in [2.05, 4.69) is 10.6 Å². The number of hydrogen-bond acceptors (Lipinski definition) is 2. The number of carbonyl (C=O) groups is 2. The second-order valence-corrected chi connectivity index (χ2v) is 4.65. The Morgan fingerprint density at radius 3 is 2.57 bits per heavy atom. The molecule has 2 N–H and O–H groups in total. The Morgan fingerprint density at radius 1 is 1.14 bits per heavy atom. The van der Waals surface area contributed by atoms with Crippen molar-refractivity contribution in [3.63, 3.8) is 0 Å². The summed E-state index contributed by atoms with van der Waals surface area (Å²) in [4.78, 5) is 23.3. The fraction of sp³-hybridized carbons (Fsp3) is 0.0667. The zero-order valence-electron chi connectivity index (χ0n) is 10.7. The number of benzene rings is 2. The van der Waals surface area contributed by atoms with E-state index in [1.165, 1.54) is 18.2 Å². The Kier molecular flexibility index (Phi) is 3.13. The highest BCUT2D eigenvalue weighted by Gasteiger charge is 2.20. The molecule has 6 heteroatoms. The van der Waals surface area contributed by atoms with Crippen LogP contribution in [0.25, 0.3) is 0 Å². The van der Waals surface area contributed by atoms with Gasteiger partial charge in [0.1, 0.15) is 17.3 Å². The van der Waals surface area contributed by atoms with Crippen molar-refractivity contribution in [2.75, 3.05) is 10.6 Å². The standard InChI is InChI=1S/C15H10F2N2O2/c16-10-2-1-3-11(17)14(10)19-15(21)9-5-4-8-7-13(20)18-12(8)6-9/h1-6H,7H2,(H,18,20)(H,19,21). The van der Waals surface area contributed by atoms with Crippen LogP contribution in [-0.2, 0) is 11.2 Å². The van der Waals surface area contributed by atoms with Gasteiger partial charge >= 0.3 is 0 Å². The van der Waals surface area contributed by atoms with Crippen molar-refractivity contribution in [3.8, 4) is 0 Å². The molecule has 0 saturated carbocycles. The molecule has 1 aliphatic heterocycles. The maximum atomic E-state index is 13.5. The van der Waals surface area contributed by atoms with Crippen molar-refractivity contribution < 1.29 is 18.4 Å². The van der Waals surface area contributed by atoms with Crippen LogP contribution >= 0.6 is 0 Å². The van der Waals surface area contributed by atoms with E-state index in [9.17, 15) is 18.4 Å². The van der Waals surface area contributed by atoms with Crippen molar-refractivity contribution in [2.45, 2.75) is 6.42 Å². The van der Waals surface area contributed by atoms with Crippen molar-refractivity contribution in [2.24, 2.45) is 0 Å².